The number of aryl methyl sites for hydroxylation is 1. The van der Waals surface area contributed by atoms with Crippen molar-refractivity contribution < 1.29 is 37.7 Å². The lowest BCUT2D eigenvalue weighted by Crippen LogP contribution is -2.45. The summed E-state index contributed by atoms with van der Waals surface area (Å²) in [5, 5.41) is 22.2. The third-order valence-corrected chi connectivity index (χ3v) is 12.7. The number of ether oxygens (including phenoxy) is 2. The Hall–Kier alpha value is -5.60. The minimum atomic E-state index is -4.05. The molecule has 1 saturated heterocycles. The molecule has 7 rings (SSSR count). The number of anilines is 1. The number of carbonyl (C=O) groups excluding carboxylic acids is 1. The Morgan fingerprint density at radius 2 is 1.39 bits per heavy atom. The number of sulfonamides is 1. The number of aliphatic hydroxyl groups excluding tert-OH is 1. The first-order chi connectivity index (χ1) is 28.6. The van der Waals surface area contributed by atoms with Crippen LogP contribution in [0.3, 0.4) is 0 Å². The number of rotatable bonds is 15. The second-order valence-corrected chi connectivity index (χ2v) is 17.1. The molecule has 0 saturated carbocycles. The van der Waals surface area contributed by atoms with Crippen LogP contribution in [-0.4, -0.2) is 48.4 Å². The Kier molecular flexibility index (Phi) is 13.4. The Morgan fingerprint density at radius 1 is 0.729 bits per heavy atom. The smallest absolute Gasteiger partial charge is 0.335 e. The number of carboxylic acids is 1. The van der Waals surface area contributed by atoms with Gasteiger partial charge in [0.05, 0.1) is 29.3 Å². The van der Waals surface area contributed by atoms with E-state index in [1.54, 1.807) is 66.4 Å². The van der Waals surface area contributed by atoms with Gasteiger partial charge in [-0.2, -0.15) is 4.72 Å². The molecule has 5 unspecified atom stereocenters. The van der Waals surface area contributed by atoms with E-state index in [0.717, 1.165) is 32.7 Å². The zero-order chi connectivity index (χ0) is 41.4. The summed E-state index contributed by atoms with van der Waals surface area (Å²) in [6.45, 7) is 1.77. The van der Waals surface area contributed by atoms with Crippen molar-refractivity contribution in [2.45, 2.75) is 60.2 Å². The quantitative estimate of drug-likeness (QED) is 0.0748. The fourth-order valence-electron chi connectivity index (χ4n) is 7.03. The summed E-state index contributed by atoms with van der Waals surface area (Å²) in [5.41, 5.74) is 5.61. The molecule has 10 nitrogen and oxygen atoms in total. The summed E-state index contributed by atoms with van der Waals surface area (Å²) in [4.78, 5) is 26.5. The average Bonchev–Trinajstić information content (AvgIpc) is 3.26. The lowest BCUT2D eigenvalue weighted by Gasteiger charge is -2.43. The molecule has 5 atom stereocenters. The molecule has 0 aromatic heterocycles. The zero-order valence-electron chi connectivity index (χ0n) is 32.2. The highest BCUT2D eigenvalue weighted by Crippen LogP contribution is 2.48. The van der Waals surface area contributed by atoms with Crippen molar-refractivity contribution in [3.05, 3.63) is 197 Å². The van der Waals surface area contributed by atoms with Crippen LogP contribution in [0.1, 0.15) is 62.1 Å². The van der Waals surface area contributed by atoms with Crippen LogP contribution in [0, 0.1) is 6.92 Å². The largest absolute Gasteiger partial charge is 0.478 e. The molecule has 302 valence electrons. The summed E-state index contributed by atoms with van der Waals surface area (Å²) >= 11 is 1.55. The molecule has 0 bridgehead atoms. The van der Waals surface area contributed by atoms with Gasteiger partial charge in [0.2, 0.25) is 15.9 Å². The molecule has 1 fully saturated rings. The molecular formula is C47H44N2O8S2. The molecule has 59 heavy (non-hydrogen) atoms. The van der Waals surface area contributed by atoms with Crippen molar-refractivity contribution in [1.29, 1.82) is 0 Å². The topological polar surface area (TPSA) is 151 Å². The van der Waals surface area contributed by atoms with E-state index in [9.17, 15) is 28.2 Å². The van der Waals surface area contributed by atoms with Crippen molar-refractivity contribution in [2.24, 2.45) is 0 Å². The third kappa shape index (κ3) is 10.5. The van der Waals surface area contributed by atoms with Crippen molar-refractivity contribution in [3.8, 4) is 0 Å². The maximum Gasteiger partial charge on any atom is 0.335 e. The highest BCUT2D eigenvalue weighted by molar-refractivity contribution is 7.99. The predicted molar refractivity (Wildman–Crippen MR) is 228 cm³/mol. The summed E-state index contributed by atoms with van der Waals surface area (Å²) in [5.74, 6) is -1.30. The number of carboxylic acid groups (broad SMARTS) is 1. The number of hydrogen-bond acceptors (Lipinski definition) is 8. The van der Waals surface area contributed by atoms with E-state index in [-0.39, 0.29) is 29.4 Å². The molecular weight excluding hydrogens is 785 g/mol. The van der Waals surface area contributed by atoms with Gasteiger partial charge in [0, 0.05) is 27.8 Å². The van der Waals surface area contributed by atoms with Gasteiger partial charge in [-0.25, -0.2) is 13.2 Å². The van der Waals surface area contributed by atoms with Gasteiger partial charge in [-0.1, -0.05) is 115 Å². The molecule has 6 aromatic carbocycles. The SMILES string of the molecule is Cc1ccc(S(=O)(=O)NC(Cc2ccccc2)C(=O)Nc2cccc(C3OC(CSc4ccc(C(=O)O)cc4)C(c4ccccc4)C(c4ccc(CO)cc4)O3)c2)cc1. The number of amides is 1. The number of hydrogen-bond donors (Lipinski definition) is 4. The van der Waals surface area contributed by atoms with Crippen LogP contribution in [0.2, 0.25) is 0 Å². The highest BCUT2D eigenvalue weighted by Gasteiger charge is 2.42. The van der Waals surface area contributed by atoms with Crippen LogP contribution in [0.25, 0.3) is 0 Å². The Balaban J connectivity index is 1.18. The predicted octanol–water partition coefficient (Wildman–Crippen LogP) is 8.45. The number of carbonyl (C=O) groups is 2. The van der Waals surface area contributed by atoms with E-state index in [2.05, 4.69) is 10.0 Å². The van der Waals surface area contributed by atoms with Gasteiger partial charge in [-0.05, 0) is 84.1 Å². The van der Waals surface area contributed by atoms with Crippen LogP contribution >= 0.6 is 11.8 Å². The monoisotopic (exact) mass is 828 g/mol. The van der Waals surface area contributed by atoms with E-state index < -0.39 is 46.4 Å². The number of benzene rings is 6. The lowest BCUT2D eigenvalue weighted by molar-refractivity contribution is -0.255. The molecule has 4 N–H and O–H groups in total. The Morgan fingerprint density at radius 3 is 2.05 bits per heavy atom. The van der Waals surface area contributed by atoms with Gasteiger partial charge in [0.1, 0.15) is 6.04 Å². The zero-order valence-corrected chi connectivity index (χ0v) is 33.8. The van der Waals surface area contributed by atoms with Gasteiger partial charge in [0.15, 0.2) is 6.29 Å². The minimum Gasteiger partial charge on any atom is -0.478 e. The fourth-order valence-corrected chi connectivity index (χ4v) is 9.19. The normalized spacial score (nSPS) is 18.5. The van der Waals surface area contributed by atoms with Gasteiger partial charge in [-0.15, -0.1) is 11.8 Å². The van der Waals surface area contributed by atoms with Gasteiger partial charge < -0.3 is 25.0 Å². The Labute approximate surface area is 348 Å². The van der Waals surface area contributed by atoms with Gasteiger partial charge >= 0.3 is 5.97 Å². The summed E-state index contributed by atoms with van der Waals surface area (Å²) in [6, 6.07) is 46.0. The van der Waals surface area contributed by atoms with Crippen molar-refractivity contribution in [3.63, 3.8) is 0 Å². The van der Waals surface area contributed by atoms with Crippen molar-refractivity contribution in [1.82, 2.24) is 4.72 Å². The fraction of sp³-hybridized carbons (Fsp3) is 0.191. The molecule has 1 heterocycles. The van der Waals surface area contributed by atoms with E-state index in [4.69, 9.17) is 9.47 Å². The minimum absolute atomic E-state index is 0.0573. The van der Waals surface area contributed by atoms with Crippen LogP contribution < -0.4 is 10.0 Å². The summed E-state index contributed by atoms with van der Waals surface area (Å²) in [7, 11) is -4.05. The summed E-state index contributed by atoms with van der Waals surface area (Å²) < 4.78 is 43.4. The number of thioether (sulfide) groups is 1. The second-order valence-electron chi connectivity index (χ2n) is 14.3. The molecule has 1 amide bonds. The van der Waals surface area contributed by atoms with Crippen molar-refractivity contribution in [2.75, 3.05) is 11.1 Å². The van der Waals surface area contributed by atoms with Crippen LogP contribution in [0.4, 0.5) is 5.69 Å². The van der Waals surface area contributed by atoms with Crippen LogP contribution in [0.15, 0.2) is 168 Å². The first-order valence-corrected chi connectivity index (χ1v) is 21.6. The highest BCUT2D eigenvalue weighted by atomic mass is 32.2. The van der Waals surface area contributed by atoms with Gasteiger partial charge in [-0.3, -0.25) is 4.79 Å². The first kappa shape index (κ1) is 41.6. The van der Waals surface area contributed by atoms with Gasteiger partial charge in [0.25, 0.3) is 0 Å². The van der Waals surface area contributed by atoms with Crippen LogP contribution in [-0.2, 0) is 37.3 Å². The third-order valence-electron chi connectivity index (χ3n) is 10.1. The van der Waals surface area contributed by atoms with E-state index in [1.807, 2.05) is 97.9 Å². The average molecular weight is 829 g/mol. The molecule has 0 radical (unpaired) electrons. The molecule has 0 spiro atoms. The van der Waals surface area contributed by atoms with E-state index in [0.29, 0.717) is 17.0 Å². The first-order valence-electron chi connectivity index (χ1n) is 19.1. The maximum absolute atomic E-state index is 14.0. The second kappa shape index (κ2) is 19.0. The van der Waals surface area contributed by atoms with E-state index >= 15 is 0 Å². The number of aromatic carboxylic acids is 1. The standard InChI is InChI=1S/C47H44N2O8S2/c1-31-15-25-40(26-16-31)59(54,55)49-41(27-32-9-4-2-5-10-32)45(51)48-38-14-8-13-37(28-38)47-56-42(30-58-39-23-21-36(22-24-39)46(52)53)43(34-11-6-3-7-12-34)44(57-47)35-19-17-33(29-50)18-20-35/h2-26,28,41-44,47,49-50H,27,29-30H2,1H3,(H,48,51)(H,52,53). The molecule has 0 aliphatic carbocycles. The number of aliphatic hydroxyl groups is 1. The number of nitrogens with one attached hydrogen (secondary N) is 2. The van der Waals surface area contributed by atoms with E-state index in [1.165, 1.54) is 12.1 Å². The molecule has 12 heteroatoms. The summed E-state index contributed by atoms with van der Waals surface area (Å²) in [6.07, 6.45) is -1.67. The van der Waals surface area contributed by atoms with Crippen molar-refractivity contribution >= 4 is 39.3 Å². The maximum atomic E-state index is 14.0. The lowest BCUT2D eigenvalue weighted by atomic mass is 9.84. The molecule has 1 aliphatic heterocycles. The molecule has 6 aromatic rings. The Bertz CT molecular complexity index is 2450. The molecule has 1 aliphatic rings. The van der Waals surface area contributed by atoms with Crippen LogP contribution in [0.5, 0.6) is 0 Å².